The van der Waals surface area contributed by atoms with Gasteiger partial charge in [0.2, 0.25) is 0 Å². The molecule has 2 heterocycles. The average Bonchev–Trinajstić information content (AvgIpc) is 2.87. The van der Waals surface area contributed by atoms with Gasteiger partial charge in [-0.2, -0.15) is 10.2 Å². The van der Waals surface area contributed by atoms with Crippen LogP contribution in [0.2, 0.25) is 0 Å². The zero-order valence-corrected chi connectivity index (χ0v) is 10.7. The molecule has 0 spiro atoms. The number of hydrogen-bond acceptors (Lipinski definition) is 4. The lowest BCUT2D eigenvalue weighted by Crippen LogP contribution is -2.15. The summed E-state index contributed by atoms with van der Waals surface area (Å²) in [5.41, 5.74) is 1.04. The van der Waals surface area contributed by atoms with Crippen LogP contribution in [-0.4, -0.2) is 36.5 Å². The molecule has 0 saturated carbocycles. The number of carbonyl (C=O) groups is 2. The molecule has 100 valence electrons. The second-order valence-electron chi connectivity index (χ2n) is 4.09. The van der Waals surface area contributed by atoms with Gasteiger partial charge in [0.1, 0.15) is 0 Å². The molecule has 2 aromatic rings. The minimum atomic E-state index is -1.24. The number of carbonyl (C=O) groups excluding carboxylic acids is 1. The molecule has 2 aromatic heterocycles. The number of aromatic carboxylic acids is 1. The predicted molar refractivity (Wildman–Crippen MR) is 66.1 cm³/mol. The Kier molecular flexibility index (Phi) is 3.07. The van der Waals surface area contributed by atoms with Gasteiger partial charge in [-0.3, -0.25) is 14.2 Å². The zero-order chi connectivity index (χ0) is 14.2. The number of anilines is 1. The molecule has 0 unspecified atom stereocenters. The SMILES string of the molecule is Cc1c(NC(=O)c2cn(C)nc2C(=O)O)cnn1C. The van der Waals surface area contributed by atoms with E-state index in [0.29, 0.717) is 5.69 Å². The van der Waals surface area contributed by atoms with Crippen molar-refractivity contribution in [1.29, 1.82) is 0 Å². The lowest BCUT2D eigenvalue weighted by molar-refractivity contribution is 0.0685. The van der Waals surface area contributed by atoms with Gasteiger partial charge in [0.05, 0.1) is 23.1 Å². The van der Waals surface area contributed by atoms with Gasteiger partial charge >= 0.3 is 5.97 Å². The van der Waals surface area contributed by atoms with Crippen molar-refractivity contribution in [2.75, 3.05) is 5.32 Å². The number of nitrogens with zero attached hydrogens (tertiary/aromatic N) is 4. The first kappa shape index (κ1) is 12.8. The lowest BCUT2D eigenvalue weighted by Gasteiger charge is -2.03. The van der Waals surface area contributed by atoms with E-state index in [-0.39, 0.29) is 11.3 Å². The van der Waals surface area contributed by atoms with Gasteiger partial charge < -0.3 is 10.4 Å². The molecule has 0 saturated heterocycles. The fourth-order valence-electron chi connectivity index (χ4n) is 1.62. The highest BCUT2D eigenvalue weighted by Crippen LogP contribution is 2.15. The Labute approximate surface area is 108 Å². The van der Waals surface area contributed by atoms with E-state index in [2.05, 4.69) is 15.5 Å². The molecule has 2 N–H and O–H groups in total. The van der Waals surface area contributed by atoms with Crippen molar-refractivity contribution in [1.82, 2.24) is 19.6 Å². The molecular formula is C11H13N5O3. The number of carboxylic acid groups (broad SMARTS) is 1. The predicted octanol–water partition coefficient (Wildman–Crippen LogP) is 0.413. The lowest BCUT2D eigenvalue weighted by atomic mass is 10.2. The standard InChI is InChI=1S/C11H13N5O3/c1-6-8(4-12-16(6)3)13-10(17)7-5-15(2)14-9(7)11(18)19/h4-5H,1-3H3,(H,13,17)(H,18,19). The fraction of sp³-hybridized carbons (Fsp3) is 0.273. The summed E-state index contributed by atoms with van der Waals surface area (Å²) in [7, 11) is 3.30. The van der Waals surface area contributed by atoms with E-state index >= 15 is 0 Å². The van der Waals surface area contributed by atoms with E-state index in [1.54, 1.807) is 25.7 Å². The van der Waals surface area contributed by atoms with E-state index in [0.717, 1.165) is 5.69 Å². The van der Waals surface area contributed by atoms with Crippen LogP contribution in [0.3, 0.4) is 0 Å². The molecule has 0 bridgehead atoms. The van der Waals surface area contributed by atoms with Crippen LogP contribution in [-0.2, 0) is 14.1 Å². The summed E-state index contributed by atoms with van der Waals surface area (Å²) in [5.74, 6) is -1.77. The maximum Gasteiger partial charge on any atom is 0.357 e. The van der Waals surface area contributed by atoms with Gasteiger partial charge in [-0.25, -0.2) is 4.79 Å². The van der Waals surface area contributed by atoms with Crippen LogP contribution in [0.1, 0.15) is 26.5 Å². The van der Waals surface area contributed by atoms with E-state index in [9.17, 15) is 9.59 Å². The molecule has 8 heteroatoms. The molecule has 19 heavy (non-hydrogen) atoms. The smallest absolute Gasteiger partial charge is 0.357 e. The third kappa shape index (κ3) is 2.32. The van der Waals surface area contributed by atoms with Crippen molar-refractivity contribution >= 4 is 17.6 Å². The number of aryl methyl sites for hydroxylation is 2. The first-order valence-electron chi connectivity index (χ1n) is 5.47. The summed E-state index contributed by atoms with van der Waals surface area (Å²) < 4.78 is 2.89. The second-order valence-corrected chi connectivity index (χ2v) is 4.09. The maximum atomic E-state index is 12.0. The van der Waals surface area contributed by atoms with Crippen molar-refractivity contribution in [2.24, 2.45) is 14.1 Å². The third-order valence-electron chi connectivity index (χ3n) is 2.76. The average molecular weight is 263 g/mol. The van der Waals surface area contributed by atoms with Crippen molar-refractivity contribution < 1.29 is 14.7 Å². The van der Waals surface area contributed by atoms with Crippen LogP contribution in [0.15, 0.2) is 12.4 Å². The summed E-state index contributed by atoms with van der Waals surface area (Å²) in [6.07, 6.45) is 2.87. The van der Waals surface area contributed by atoms with E-state index in [1.165, 1.54) is 17.1 Å². The van der Waals surface area contributed by atoms with E-state index < -0.39 is 11.9 Å². The number of nitrogens with one attached hydrogen (secondary N) is 1. The Hall–Kier alpha value is -2.64. The number of hydrogen-bond donors (Lipinski definition) is 2. The fourth-order valence-corrected chi connectivity index (χ4v) is 1.62. The Morgan fingerprint density at radius 3 is 2.58 bits per heavy atom. The topological polar surface area (TPSA) is 102 Å². The van der Waals surface area contributed by atoms with Gasteiger partial charge in [0.15, 0.2) is 5.69 Å². The van der Waals surface area contributed by atoms with Gasteiger partial charge in [-0.15, -0.1) is 0 Å². The van der Waals surface area contributed by atoms with Gasteiger partial charge in [-0.05, 0) is 6.92 Å². The molecule has 0 radical (unpaired) electrons. The Morgan fingerprint density at radius 2 is 2.05 bits per heavy atom. The number of aromatic nitrogens is 4. The molecule has 8 nitrogen and oxygen atoms in total. The maximum absolute atomic E-state index is 12.0. The van der Waals surface area contributed by atoms with Gasteiger partial charge in [0, 0.05) is 20.3 Å². The highest BCUT2D eigenvalue weighted by atomic mass is 16.4. The molecule has 0 aromatic carbocycles. The van der Waals surface area contributed by atoms with Crippen molar-refractivity contribution in [3.63, 3.8) is 0 Å². The van der Waals surface area contributed by atoms with Crippen LogP contribution < -0.4 is 5.32 Å². The monoisotopic (exact) mass is 263 g/mol. The quantitative estimate of drug-likeness (QED) is 0.835. The summed E-state index contributed by atoms with van der Waals surface area (Å²) in [5, 5.41) is 19.3. The minimum Gasteiger partial charge on any atom is -0.476 e. The molecular weight excluding hydrogens is 250 g/mol. The molecule has 1 amide bonds. The van der Waals surface area contributed by atoms with Crippen LogP contribution in [0.4, 0.5) is 5.69 Å². The van der Waals surface area contributed by atoms with E-state index in [4.69, 9.17) is 5.11 Å². The van der Waals surface area contributed by atoms with Crippen molar-refractivity contribution in [3.8, 4) is 0 Å². The van der Waals surface area contributed by atoms with Gasteiger partial charge in [-0.1, -0.05) is 0 Å². The number of carboxylic acids is 1. The summed E-state index contributed by atoms with van der Waals surface area (Å²) in [4.78, 5) is 23.0. The summed E-state index contributed by atoms with van der Waals surface area (Å²) in [6, 6.07) is 0. The molecule has 2 rings (SSSR count). The van der Waals surface area contributed by atoms with Crippen LogP contribution in [0, 0.1) is 6.92 Å². The minimum absolute atomic E-state index is 0.0123. The van der Waals surface area contributed by atoms with Crippen molar-refractivity contribution in [2.45, 2.75) is 6.92 Å². The number of rotatable bonds is 3. The second kappa shape index (κ2) is 4.56. The highest BCUT2D eigenvalue weighted by Gasteiger charge is 2.21. The third-order valence-corrected chi connectivity index (χ3v) is 2.76. The first-order valence-corrected chi connectivity index (χ1v) is 5.47. The largest absolute Gasteiger partial charge is 0.476 e. The van der Waals surface area contributed by atoms with Crippen LogP contribution in [0.25, 0.3) is 0 Å². The van der Waals surface area contributed by atoms with Crippen molar-refractivity contribution in [3.05, 3.63) is 29.3 Å². The van der Waals surface area contributed by atoms with Crippen LogP contribution in [0.5, 0.6) is 0 Å². The molecule has 0 aliphatic heterocycles. The summed E-state index contributed by atoms with van der Waals surface area (Å²) >= 11 is 0. The zero-order valence-electron chi connectivity index (χ0n) is 10.7. The van der Waals surface area contributed by atoms with E-state index in [1.807, 2.05) is 0 Å². The number of amides is 1. The molecule has 0 aliphatic rings. The molecule has 0 atom stereocenters. The first-order chi connectivity index (χ1) is 8.90. The van der Waals surface area contributed by atoms with Gasteiger partial charge in [0.25, 0.3) is 5.91 Å². The highest BCUT2D eigenvalue weighted by molar-refractivity contribution is 6.09. The molecule has 0 aliphatic carbocycles. The Morgan fingerprint density at radius 1 is 1.37 bits per heavy atom. The molecule has 0 fully saturated rings. The Bertz CT molecular complexity index is 655. The summed E-state index contributed by atoms with van der Waals surface area (Å²) in [6.45, 7) is 1.80. The Balaban J connectivity index is 2.30. The van der Waals surface area contributed by atoms with Crippen LogP contribution >= 0.6 is 0 Å². The normalized spacial score (nSPS) is 10.5.